The van der Waals surface area contributed by atoms with Crippen LogP contribution < -0.4 is 9.47 Å². The number of nitrogens with zero attached hydrogens (tertiary/aromatic N) is 3. The first-order valence-electron chi connectivity index (χ1n) is 9.27. The van der Waals surface area contributed by atoms with Crippen molar-refractivity contribution in [1.82, 2.24) is 13.9 Å². The lowest BCUT2D eigenvalue weighted by atomic mass is 10.0. The van der Waals surface area contributed by atoms with E-state index in [4.69, 9.17) is 24.1 Å². The summed E-state index contributed by atoms with van der Waals surface area (Å²) in [5, 5.41) is 6.89. The third kappa shape index (κ3) is 4.42. The predicted octanol–water partition coefficient (Wildman–Crippen LogP) is 1.37. The van der Waals surface area contributed by atoms with Crippen LogP contribution in [-0.2, 0) is 19.6 Å². The highest BCUT2D eigenvalue weighted by molar-refractivity contribution is 7.89. The van der Waals surface area contributed by atoms with Gasteiger partial charge in [-0.2, -0.15) is 0 Å². The van der Waals surface area contributed by atoms with Crippen molar-refractivity contribution in [3.8, 4) is 22.9 Å². The number of imidazole rings is 1. The number of hydrogen-bond donors (Lipinski definition) is 1. The summed E-state index contributed by atoms with van der Waals surface area (Å²) in [7, 11) is -0.208. The number of benzene rings is 1. The molecule has 1 N–H and O–H groups in total. The van der Waals surface area contributed by atoms with Gasteiger partial charge in [-0.15, -0.1) is 0 Å². The van der Waals surface area contributed by atoms with E-state index < -0.39 is 10.0 Å². The molecular weight excluding hydrogens is 414 g/mol. The van der Waals surface area contributed by atoms with Crippen molar-refractivity contribution in [2.24, 2.45) is 5.92 Å². The Morgan fingerprint density at radius 1 is 1.27 bits per heavy atom. The first-order valence-corrected chi connectivity index (χ1v) is 10.9. The van der Waals surface area contributed by atoms with Gasteiger partial charge in [-0.3, -0.25) is 4.79 Å². The van der Waals surface area contributed by atoms with E-state index in [-0.39, 0.29) is 31.0 Å². The van der Waals surface area contributed by atoms with Crippen molar-refractivity contribution in [2.75, 3.05) is 39.9 Å². The topological polar surface area (TPSA) is 120 Å². The Morgan fingerprint density at radius 2 is 1.93 bits per heavy atom. The number of carboxylic acid groups (broad SMARTS) is 1. The maximum absolute atomic E-state index is 12.4. The van der Waals surface area contributed by atoms with E-state index in [1.54, 1.807) is 20.3 Å². The van der Waals surface area contributed by atoms with Crippen LogP contribution in [0.3, 0.4) is 0 Å². The highest BCUT2D eigenvalue weighted by Crippen LogP contribution is 2.39. The van der Waals surface area contributed by atoms with Crippen LogP contribution in [0.1, 0.15) is 11.6 Å². The molecule has 30 heavy (non-hydrogen) atoms. The average Bonchev–Trinajstić information content (AvgIpc) is 3.40. The van der Waals surface area contributed by atoms with E-state index in [1.807, 2.05) is 29.8 Å². The second kappa shape index (κ2) is 9.02. The molecule has 0 amide bonds. The van der Waals surface area contributed by atoms with Crippen LogP contribution in [-0.4, -0.2) is 73.7 Å². The Hall–Kier alpha value is -2.63. The van der Waals surface area contributed by atoms with E-state index in [0.717, 1.165) is 22.7 Å². The number of sulfonamides is 1. The fourth-order valence-electron chi connectivity index (χ4n) is 3.55. The number of ether oxygens (including phenoxy) is 3. The smallest absolute Gasteiger partial charge is 0.290 e. The summed E-state index contributed by atoms with van der Waals surface area (Å²) in [6, 6.07) is 3.77. The molecule has 1 aromatic carbocycles. The van der Waals surface area contributed by atoms with Gasteiger partial charge in [-0.05, 0) is 24.6 Å². The fraction of sp³-hybridized carbons (Fsp3) is 0.474. The van der Waals surface area contributed by atoms with Crippen LogP contribution in [0.25, 0.3) is 11.4 Å². The molecule has 2 aliphatic heterocycles. The van der Waals surface area contributed by atoms with Crippen molar-refractivity contribution in [3.63, 3.8) is 0 Å². The molecule has 0 radical (unpaired) electrons. The average molecular weight is 439 g/mol. The van der Waals surface area contributed by atoms with E-state index >= 15 is 0 Å². The lowest BCUT2D eigenvalue weighted by molar-refractivity contribution is -0.122. The summed E-state index contributed by atoms with van der Waals surface area (Å²) < 4.78 is 44.6. The Morgan fingerprint density at radius 3 is 2.60 bits per heavy atom. The highest BCUT2D eigenvalue weighted by atomic mass is 32.2. The van der Waals surface area contributed by atoms with Gasteiger partial charge in [0, 0.05) is 38.0 Å². The Kier molecular flexibility index (Phi) is 6.64. The van der Waals surface area contributed by atoms with Crippen molar-refractivity contribution in [3.05, 3.63) is 30.1 Å². The largest absolute Gasteiger partial charge is 0.483 e. The molecule has 0 unspecified atom stereocenters. The van der Waals surface area contributed by atoms with Gasteiger partial charge in [0.15, 0.2) is 11.5 Å². The Bertz CT molecular complexity index is 1000. The molecule has 1 fully saturated rings. The number of carbonyl (C=O) groups is 1. The Balaban J connectivity index is 0.000000806. The van der Waals surface area contributed by atoms with Crippen molar-refractivity contribution in [1.29, 1.82) is 0 Å². The van der Waals surface area contributed by atoms with E-state index in [2.05, 4.69) is 4.98 Å². The molecule has 1 aromatic heterocycles. The lowest BCUT2D eigenvalue weighted by Crippen LogP contribution is -2.32. The van der Waals surface area contributed by atoms with Crippen LogP contribution in [0.15, 0.2) is 24.5 Å². The second-order valence-electron chi connectivity index (χ2n) is 7.21. The summed E-state index contributed by atoms with van der Waals surface area (Å²) in [6.45, 7) is 2.83. The standard InChI is InChI=1S/C18H23N3O5S.CH2O2/c1-12-6-16-17(26-11-25-16)7-14(12)18-19-4-5-21(18)15-9-24-8-13(15)10-27(22,23)20(2)3;2-1-3/h4-7,13,15H,8-11H2,1-3H3;1H,(H,2,3)/t13-,15-;/m1./s1. The molecule has 10 nitrogen and oxygen atoms in total. The molecule has 11 heteroatoms. The molecular formula is C19H25N3O7S. The van der Waals surface area contributed by atoms with Crippen molar-refractivity contribution >= 4 is 16.5 Å². The fourth-order valence-corrected chi connectivity index (χ4v) is 4.70. The molecule has 164 valence electrons. The molecule has 4 rings (SSSR count). The molecule has 0 saturated carbocycles. The predicted molar refractivity (Wildman–Crippen MR) is 108 cm³/mol. The zero-order chi connectivity index (χ0) is 21.9. The SMILES string of the molecule is Cc1cc2c(cc1-c1nccn1[C@@H]1COC[C@@H]1CS(=O)(=O)N(C)C)OCO2.O=CO. The zero-order valence-corrected chi connectivity index (χ0v) is 17.8. The maximum atomic E-state index is 12.4. The van der Waals surface area contributed by atoms with E-state index in [9.17, 15) is 8.42 Å². The maximum Gasteiger partial charge on any atom is 0.290 e. The number of hydrogen-bond acceptors (Lipinski definition) is 7. The lowest BCUT2D eigenvalue weighted by Gasteiger charge is -2.23. The van der Waals surface area contributed by atoms with Gasteiger partial charge in [-0.25, -0.2) is 17.7 Å². The van der Waals surface area contributed by atoms with Gasteiger partial charge in [-0.1, -0.05) is 0 Å². The van der Waals surface area contributed by atoms with Crippen LogP contribution in [0.5, 0.6) is 11.5 Å². The van der Waals surface area contributed by atoms with Gasteiger partial charge < -0.3 is 23.9 Å². The van der Waals surface area contributed by atoms with E-state index in [0.29, 0.717) is 19.0 Å². The highest BCUT2D eigenvalue weighted by Gasteiger charge is 2.35. The summed E-state index contributed by atoms with van der Waals surface area (Å²) in [5.41, 5.74) is 1.95. The minimum Gasteiger partial charge on any atom is -0.483 e. The summed E-state index contributed by atoms with van der Waals surface area (Å²) in [6.07, 6.45) is 3.61. The molecule has 0 bridgehead atoms. The van der Waals surface area contributed by atoms with Crippen LogP contribution >= 0.6 is 0 Å². The summed E-state index contributed by atoms with van der Waals surface area (Å²) in [5.74, 6) is 2.10. The van der Waals surface area contributed by atoms with Crippen molar-refractivity contribution in [2.45, 2.75) is 13.0 Å². The van der Waals surface area contributed by atoms with Crippen LogP contribution in [0, 0.1) is 12.8 Å². The third-order valence-corrected chi connectivity index (χ3v) is 7.09. The number of fused-ring (bicyclic) bond motifs is 1. The monoisotopic (exact) mass is 439 g/mol. The minimum atomic E-state index is -3.32. The molecule has 0 aliphatic carbocycles. The molecule has 1 saturated heterocycles. The summed E-state index contributed by atoms with van der Waals surface area (Å²) in [4.78, 5) is 12.9. The van der Waals surface area contributed by atoms with Gasteiger partial charge in [0.25, 0.3) is 6.47 Å². The molecule has 0 spiro atoms. The summed E-state index contributed by atoms with van der Waals surface area (Å²) >= 11 is 0. The molecule has 2 aliphatic rings. The first kappa shape index (κ1) is 22.1. The Labute approximate surface area is 175 Å². The zero-order valence-electron chi connectivity index (χ0n) is 17.0. The normalized spacial score (nSPS) is 20.1. The third-order valence-electron chi connectivity index (χ3n) is 5.13. The first-order chi connectivity index (χ1) is 14.3. The quantitative estimate of drug-likeness (QED) is 0.694. The van der Waals surface area contributed by atoms with Gasteiger partial charge in [0.1, 0.15) is 5.82 Å². The number of aromatic nitrogens is 2. The van der Waals surface area contributed by atoms with Crippen LogP contribution in [0.2, 0.25) is 0 Å². The molecule has 2 atom stereocenters. The van der Waals surface area contributed by atoms with Gasteiger partial charge in [0.2, 0.25) is 16.8 Å². The molecule has 3 heterocycles. The van der Waals surface area contributed by atoms with Gasteiger partial charge in [0.05, 0.1) is 25.0 Å². The second-order valence-corrected chi connectivity index (χ2v) is 9.44. The number of aryl methyl sites for hydroxylation is 1. The van der Waals surface area contributed by atoms with E-state index in [1.165, 1.54) is 4.31 Å². The van der Waals surface area contributed by atoms with Crippen LogP contribution in [0.4, 0.5) is 0 Å². The number of rotatable bonds is 5. The molecule has 2 aromatic rings. The van der Waals surface area contributed by atoms with Gasteiger partial charge >= 0.3 is 0 Å². The van der Waals surface area contributed by atoms with Crippen molar-refractivity contribution < 1.29 is 32.5 Å². The minimum absolute atomic E-state index is 0.0441.